The molecule has 2 aromatic carbocycles. The fraction of sp³-hybridized carbons (Fsp3) is 0.464. The standard InChI is InChI=1S/C28H38ClN3O3/c1-21(2)27(33)19-31(14-6-16-35-3)20-28(34)32(18-22-9-11-24(29)12-10-22)15-13-23-17-30-26-8-5-4-7-25(23)26/h4-5,7-12,17,21,27,30,33H,6,13-16,18-20H2,1-3H3/t27-/m0/s1. The van der Waals surface area contributed by atoms with Crippen molar-refractivity contribution in [3.05, 3.63) is 70.9 Å². The highest BCUT2D eigenvalue weighted by Crippen LogP contribution is 2.19. The second-order valence-corrected chi connectivity index (χ2v) is 9.88. The Balaban J connectivity index is 1.74. The van der Waals surface area contributed by atoms with Gasteiger partial charge in [0.1, 0.15) is 0 Å². The van der Waals surface area contributed by atoms with E-state index in [1.807, 2.05) is 66.2 Å². The van der Waals surface area contributed by atoms with Crippen LogP contribution >= 0.6 is 11.6 Å². The van der Waals surface area contributed by atoms with Crippen LogP contribution in [0.2, 0.25) is 5.02 Å². The predicted molar refractivity (Wildman–Crippen MR) is 143 cm³/mol. The molecule has 0 aliphatic rings. The molecule has 0 spiro atoms. The number of hydrogen-bond donors (Lipinski definition) is 2. The Hall–Kier alpha value is -2.38. The first kappa shape index (κ1) is 27.2. The van der Waals surface area contributed by atoms with E-state index in [0.717, 1.165) is 23.9 Å². The molecule has 1 amide bonds. The molecule has 1 atom stereocenters. The average molecular weight is 500 g/mol. The summed E-state index contributed by atoms with van der Waals surface area (Å²) in [6, 6.07) is 15.9. The first-order valence-corrected chi connectivity index (χ1v) is 12.7. The summed E-state index contributed by atoms with van der Waals surface area (Å²) in [6.45, 7) is 7.14. The summed E-state index contributed by atoms with van der Waals surface area (Å²) in [5, 5.41) is 12.3. The highest BCUT2D eigenvalue weighted by molar-refractivity contribution is 6.30. The van der Waals surface area contributed by atoms with E-state index < -0.39 is 6.10 Å². The van der Waals surface area contributed by atoms with Crippen LogP contribution in [0.1, 0.15) is 31.4 Å². The van der Waals surface area contributed by atoms with Gasteiger partial charge in [0, 0.05) is 62.0 Å². The molecule has 0 bridgehead atoms. The lowest BCUT2D eigenvalue weighted by molar-refractivity contribution is -0.133. The second kappa shape index (κ2) is 13.6. The van der Waals surface area contributed by atoms with Gasteiger partial charge in [-0.15, -0.1) is 0 Å². The van der Waals surface area contributed by atoms with Gasteiger partial charge in [-0.2, -0.15) is 0 Å². The van der Waals surface area contributed by atoms with E-state index in [0.29, 0.717) is 37.8 Å². The number of halogens is 1. The number of benzene rings is 2. The van der Waals surface area contributed by atoms with Crippen LogP contribution in [0.25, 0.3) is 10.9 Å². The Labute approximate surface area is 213 Å². The van der Waals surface area contributed by atoms with Crippen molar-refractivity contribution in [1.82, 2.24) is 14.8 Å². The number of aliphatic hydroxyl groups excluding tert-OH is 1. The number of amides is 1. The van der Waals surface area contributed by atoms with Crippen LogP contribution in [0.15, 0.2) is 54.7 Å². The van der Waals surface area contributed by atoms with E-state index in [9.17, 15) is 9.90 Å². The van der Waals surface area contributed by atoms with Gasteiger partial charge in [0.05, 0.1) is 12.6 Å². The van der Waals surface area contributed by atoms with Crippen molar-refractivity contribution in [2.24, 2.45) is 5.92 Å². The molecule has 3 aromatic rings. The topological polar surface area (TPSA) is 68.8 Å². The zero-order valence-electron chi connectivity index (χ0n) is 21.0. The highest BCUT2D eigenvalue weighted by atomic mass is 35.5. The van der Waals surface area contributed by atoms with Crippen LogP contribution in [0.3, 0.4) is 0 Å². The lowest BCUT2D eigenvalue weighted by Crippen LogP contribution is -2.44. The van der Waals surface area contributed by atoms with Gasteiger partial charge in [0.15, 0.2) is 0 Å². The van der Waals surface area contributed by atoms with Crippen molar-refractivity contribution in [3.63, 3.8) is 0 Å². The molecule has 0 unspecified atom stereocenters. The number of nitrogens with one attached hydrogen (secondary N) is 1. The van der Waals surface area contributed by atoms with Crippen LogP contribution < -0.4 is 0 Å². The third kappa shape index (κ3) is 8.36. The molecule has 0 saturated heterocycles. The summed E-state index contributed by atoms with van der Waals surface area (Å²) in [5.41, 5.74) is 3.33. The van der Waals surface area contributed by atoms with Gasteiger partial charge >= 0.3 is 0 Å². The second-order valence-electron chi connectivity index (χ2n) is 9.44. The molecule has 0 saturated carbocycles. The Morgan fingerprint density at radius 1 is 1.11 bits per heavy atom. The minimum absolute atomic E-state index is 0.0492. The van der Waals surface area contributed by atoms with Crippen LogP contribution in [0.5, 0.6) is 0 Å². The number of H-pyrrole nitrogens is 1. The van der Waals surface area contributed by atoms with Gasteiger partial charge in [-0.05, 0) is 48.1 Å². The van der Waals surface area contributed by atoms with Gasteiger partial charge in [-0.1, -0.05) is 55.8 Å². The molecule has 190 valence electrons. The molecular weight excluding hydrogens is 462 g/mol. The Kier molecular flexibility index (Phi) is 10.6. The van der Waals surface area contributed by atoms with E-state index in [-0.39, 0.29) is 18.4 Å². The van der Waals surface area contributed by atoms with Gasteiger partial charge < -0.3 is 19.7 Å². The number of rotatable bonds is 14. The normalized spacial score (nSPS) is 12.5. The molecular formula is C28H38ClN3O3. The smallest absolute Gasteiger partial charge is 0.237 e. The van der Waals surface area contributed by atoms with E-state index in [4.69, 9.17) is 16.3 Å². The molecule has 35 heavy (non-hydrogen) atoms. The minimum atomic E-state index is -0.485. The van der Waals surface area contributed by atoms with Crippen molar-refractivity contribution < 1.29 is 14.6 Å². The minimum Gasteiger partial charge on any atom is -0.392 e. The maximum Gasteiger partial charge on any atom is 0.237 e. The largest absolute Gasteiger partial charge is 0.392 e. The van der Waals surface area contributed by atoms with Crippen LogP contribution in [0, 0.1) is 5.92 Å². The monoisotopic (exact) mass is 499 g/mol. The summed E-state index contributed by atoms with van der Waals surface area (Å²) < 4.78 is 5.20. The predicted octanol–water partition coefficient (Wildman–Crippen LogP) is 4.75. The van der Waals surface area contributed by atoms with Crippen LogP contribution in [-0.2, 0) is 22.5 Å². The SMILES string of the molecule is COCCCN(CC(=O)N(CCc1c[nH]c2ccccc12)Cc1ccc(Cl)cc1)C[C@H](O)C(C)C. The third-order valence-corrected chi connectivity index (χ3v) is 6.61. The number of aromatic amines is 1. The number of ether oxygens (including phenoxy) is 1. The number of fused-ring (bicyclic) bond motifs is 1. The highest BCUT2D eigenvalue weighted by Gasteiger charge is 2.21. The molecule has 0 aliphatic heterocycles. The molecule has 7 heteroatoms. The average Bonchev–Trinajstić information content (AvgIpc) is 3.26. The molecule has 2 N–H and O–H groups in total. The van der Waals surface area contributed by atoms with Crippen molar-refractivity contribution in [1.29, 1.82) is 0 Å². The number of hydrogen-bond acceptors (Lipinski definition) is 4. The van der Waals surface area contributed by atoms with Gasteiger partial charge in [-0.25, -0.2) is 0 Å². The number of aromatic nitrogens is 1. The van der Waals surface area contributed by atoms with Crippen molar-refractivity contribution >= 4 is 28.4 Å². The number of carbonyl (C=O) groups excluding carboxylic acids is 1. The van der Waals surface area contributed by atoms with E-state index in [1.165, 1.54) is 10.9 Å². The Bertz CT molecular complexity index is 1050. The number of para-hydroxylation sites is 1. The van der Waals surface area contributed by atoms with Gasteiger partial charge in [0.25, 0.3) is 0 Å². The fourth-order valence-corrected chi connectivity index (χ4v) is 4.26. The Morgan fingerprint density at radius 3 is 2.57 bits per heavy atom. The first-order valence-electron chi connectivity index (χ1n) is 12.3. The molecule has 1 heterocycles. The summed E-state index contributed by atoms with van der Waals surface area (Å²) in [6.07, 6.45) is 3.11. The zero-order chi connectivity index (χ0) is 25.2. The van der Waals surface area contributed by atoms with Crippen LogP contribution in [-0.4, -0.2) is 71.8 Å². The van der Waals surface area contributed by atoms with E-state index in [2.05, 4.69) is 17.1 Å². The summed E-state index contributed by atoms with van der Waals surface area (Å²) in [4.78, 5) is 20.9. The van der Waals surface area contributed by atoms with Gasteiger partial charge in [0.2, 0.25) is 5.91 Å². The van der Waals surface area contributed by atoms with Crippen molar-refractivity contribution in [2.75, 3.05) is 39.9 Å². The van der Waals surface area contributed by atoms with E-state index >= 15 is 0 Å². The maximum atomic E-state index is 13.6. The first-order chi connectivity index (χ1) is 16.9. The number of aliphatic hydroxyl groups is 1. The lowest BCUT2D eigenvalue weighted by Gasteiger charge is -2.30. The summed E-state index contributed by atoms with van der Waals surface area (Å²) >= 11 is 6.07. The van der Waals surface area contributed by atoms with E-state index in [1.54, 1.807) is 7.11 Å². The molecule has 0 radical (unpaired) electrons. The number of methoxy groups -OCH3 is 1. The summed E-state index contributed by atoms with van der Waals surface area (Å²) in [7, 11) is 1.68. The fourth-order valence-electron chi connectivity index (χ4n) is 4.13. The Morgan fingerprint density at radius 2 is 1.86 bits per heavy atom. The van der Waals surface area contributed by atoms with Crippen molar-refractivity contribution in [3.8, 4) is 0 Å². The number of nitrogens with zero attached hydrogens (tertiary/aromatic N) is 2. The number of carbonyl (C=O) groups is 1. The molecule has 3 rings (SSSR count). The van der Waals surface area contributed by atoms with Gasteiger partial charge in [-0.3, -0.25) is 9.69 Å². The zero-order valence-corrected chi connectivity index (χ0v) is 21.8. The molecule has 1 aromatic heterocycles. The molecule has 0 aliphatic carbocycles. The van der Waals surface area contributed by atoms with Crippen molar-refractivity contribution in [2.45, 2.75) is 39.3 Å². The molecule has 6 nitrogen and oxygen atoms in total. The quantitative estimate of drug-likeness (QED) is 0.314. The summed E-state index contributed by atoms with van der Waals surface area (Å²) in [5.74, 6) is 0.176. The lowest BCUT2D eigenvalue weighted by atomic mass is 10.1. The maximum absolute atomic E-state index is 13.6. The van der Waals surface area contributed by atoms with Crippen LogP contribution in [0.4, 0.5) is 0 Å². The molecule has 0 fully saturated rings. The third-order valence-electron chi connectivity index (χ3n) is 6.36.